The van der Waals surface area contributed by atoms with Crippen LogP contribution in [0.25, 0.3) is 22.0 Å². The Morgan fingerprint density at radius 3 is 2.29 bits per heavy atom. The number of para-hydroxylation sites is 1. The van der Waals surface area contributed by atoms with Gasteiger partial charge >= 0.3 is 0 Å². The van der Waals surface area contributed by atoms with E-state index in [1.165, 1.54) is 22.0 Å². The fraction of sp³-hybridized carbons (Fsp3) is 0.259. The maximum absolute atomic E-state index is 5.63. The highest BCUT2D eigenvalue weighted by Gasteiger charge is 2.35. The van der Waals surface area contributed by atoms with Crippen molar-refractivity contribution in [1.82, 2.24) is 14.5 Å². The van der Waals surface area contributed by atoms with Crippen LogP contribution in [0.1, 0.15) is 38.8 Å². The van der Waals surface area contributed by atoms with E-state index in [4.69, 9.17) is 5.73 Å². The highest BCUT2D eigenvalue weighted by molar-refractivity contribution is 5.86. The summed E-state index contributed by atoms with van der Waals surface area (Å²) in [5.41, 5.74) is 12.6. The minimum absolute atomic E-state index is 0.143. The lowest BCUT2D eigenvalue weighted by Crippen LogP contribution is -2.30. The van der Waals surface area contributed by atoms with E-state index in [-0.39, 0.29) is 5.41 Å². The third-order valence-corrected chi connectivity index (χ3v) is 6.43. The molecular formula is C27H30N4. The molecule has 2 heterocycles. The lowest BCUT2D eigenvalue weighted by Gasteiger charge is -2.35. The Morgan fingerprint density at radius 2 is 1.68 bits per heavy atom. The molecule has 4 rings (SSSR count). The second-order valence-electron chi connectivity index (χ2n) is 8.91. The third kappa shape index (κ3) is 3.74. The molecule has 1 unspecified atom stereocenters. The molecule has 2 aromatic heterocycles. The van der Waals surface area contributed by atoms with Crippen molar-refractivity contribution in [2.24, 2.45) is 5.92 Å². The van der Waals surface area contributed by atoms with Crippen molar-refractivity contribution in [2.75, 3.05) is 5.73 Å². The zero-order chi connectivity index (χ0) is 22.2. The summed E-state index contributed by atoms with van der Waals surface area (Å²) in [6, 6.07) is 17.4. The van der Waals surface area contributed by atoms with E-state index in [1.54, 1.807) is 12.4 Å². The average Bonchev–Trinajstić information content (AvgIpc) is 3.12. The third-order valence-electron chi connectivity index (χ3n) is 6.43. The molecule has 0 aliphatic rings. The smallest absolute Gasteiger partial charge is 0.219 e. The van der Waals surface area contributed by atoms with Gasteiger partial charge in [0.2, 0.25) is 5.95 Å². The molecule has 0 bridgehead atoms. The van der Waals surface area contributed by atoms with Gasteiger partial charge < -0.3 is 10.3 Å². The number of nitrogen functional groups attached to an aromatic ring is 1. The summed E-state index contributed by atoms with van der Waals surface area (Å²) in [6.45, 7) is 14.0. The molecule has 4 nitrogen and oxygen atoms in total. The van der Waals surface area contributed by atoms with E-state index in [9.17, 15) is 0 Å². The molecule has 2 aromatic carbocycles. The summed E-state index contributed by atoms with van der Waals surface area (Å²) in [5, 5.41) is 1.30. The summed E-state index contributed by atoms with van der Waals surface area (Å²) in [6.07, 6.45) is 5.86. The minimum atomic E-state index is -0.143. The normalized spacial score (nSPS) is 13.5. The molecule has 4 heteroatoms. The monoisotopic (exact) mass is 410 g/mol. The van der Waals surface area contributed by atoms with E-state index in [2.05, 4.69) is 104 Å². The second-order valence-corrected chi connectivity index (χ2v) is 8.91. The number of fused-ring (bicyclic) bond motifs is 1. The molecular weight excluding hydrogens is 380 g/mol. The number of nitrogens with two attached hydrogens (primary N) is 1. The van der Waals surface area contributed by atoms with Crippen molar-refractivity contribution in [3.05, 3.63) is 90.4 Å². The van der Waals surface area contributed by atoms with Gasteiger partial charge in [0.25, 0.3) is 0 Å². The van der Waals surface area contributed by atoms with E-state index >= 15 is 0 Å². The zero-order valence-corrected chi connectivity index (χ0v) is 18.8. The molecule has 0 aliphatic carbocycles. The van der Waals surface area contributed by atoms with Crippen LogP contribution in [0.15, 0.2) is 79.3 Å². The first kappa shape index (κ1) is 20.9. The summed E-state index contributed by atoms with van der Waals surface area (Å²) in [4.78, 5) is 8.24. The molecule has 158 valence electrons. The van der Waals surface area contributed by atoms with Crippen molar-refractivity contribution < 1.29 is 0 Å². The Bertz CT molecular complexity index is 1220. The molecule has 0 fully saturated rings. The highest BCUT2D eigenvalue weighted by Crippen LogP contribution is 2.43. The van der Waals surface area contributed by atoms with Crippen LogP contribution in [0.4, 0.5) is 5.95 Å². The molecule has 1 atom stereocenters. The van der Waals surface area contributed by atoms with Crippen LogP contribution >= 0.6 is 0 Å². The highest BCUT2D eigenvalue weighted by atomic mass is 15.0. The first-order valence-electron chi connectivity index (χ1n) is 10.7. The predicted molar refractivity (Wildman–Crippen MR) is 130 cm³/mol. The van der Waals surface area contributed by atoms with Crippen LogP contribution in [0.3, 0.4) is 0 Å². The topological polar surface area (TPSA) is 56.7 Å². The zero-order valence-electron chi connectivity index (χ0n) is 18.8. The number of nitrogens with zero attached hydrogens (tertiary/aromatic N) is 3. The van der Waals surface area contributed by atoms with E-state index < -0.39 is 0 Å². The van der Waals surface area contributed by atoms with Crippen molar-refractivity contribution in [3.63, 3.8) is 0 Å². The van der Waals surface area contributed by atoms with Crippen LogP contribution in [0, 0.1) is 5.92 Å². The molecule has 0 aliphatic heterocycles. The van der Waals surface area contributed by atoms with Crippen molar-refractivity contribution >= 4 is 16.9 Å². The van der Waals surface area contributed by atoms with Gasteiger partial charge in [0.1, 0.15) is 0 Å². The van der Waals surface area contributed by atoms with Crippen molar-refractivity contribution in [1.29, 1.82) is 0 Å². The number of hydrogen-bond donors (Lipinski definition) is 1. The van der Waals surface area contributed by atoms with Gasteiger partial charge in [-0.1, -0.05) is 75.4 Å². The molecule has 31 heavy (non-hydrogen) atoms. The van der Waals surface area contributed by atoms with Crippen molar-refractivity contribution in [3.8, 4) is 11.1 Å². The van der Waals surface area contributed by atoms with Crippen LogP contribution < -0.4 is 5.73 Å². The van der Waals surface area contributed by atoms with Gasteiger partial charge in [-0.05, 0) is 35.6 Å². The van der Waals surface area contributed by atoms with Crippen LogP contribution in [-0.4, -0.2) is 14.5 Å². The van der Waals surface area contributed by atoms with Crippen LogP contribution in [0.2, 0.25) is 0 Å². The van der Waals surface area contributed by atoms with Crippen LogP contribution in [-0.2, 0) is 12.0 Å². The molecule has 0 amide bonds. The number of anilines is 1. The quantitative estimate of drug-likeness (QED) is 0.384. The number of aromatic nitrogens is 3. The summed E-state index contributed by atoms with van der Waals surface area (Å²) in [5.74, 6) is 0.696. The standard InChI is InChI=1S/C27H30N4/c1-18(2)16-31-17-24(23-8-6-7-9-25(23)31)27(5,19(3)4)22-12-10-20(11-13-22)21-14-29-26(28)30-15-21/h6-15,17,19H,1,16H2,2-5H3,(H2,28,29,30). The number of rotatable bonds is 6. The van der Waals surface area contributed by atoms with Gasteiger partial charge in [0.15, 0.2) is 0 Å². The Hall–Kier alpha value is -3.40. The fourth-order valence-electron chi connectivity index (χ4n) is 4.38. The SMILES string of the molecule is C=C(C)Cn1cc(C(C)(c2ccc(-c3cnc(N)nc3)cc2)C(C)C)c2ccccc21. The molecule has 2 N–H and O–H groups in total. The molecule has 4 aromatic rings. The average molecular weight is 411 g/mol. The summed E-state index contributed by atoms with van der Waals surface area (Å²) in [7, 11) is 0. The Kier molecular flexibility index (Phi) is 5.40. The molecule has 0 saturated heterocycles. The Labute approximate surface area is 184 Å². The molecule has 0 spiro atoms. The molecule has 0 radical (unpaired) electrons. The van der Waals surface area contributed by atoms with Gasteiger partial charge in [0, 0.05) is 47.0 Å². The number of hydrogen-bond acceptors (Lipinski definition) is 3. The minimum Gasteiger partial charge on any atom is -0.368 e. The largest absolute Gasteiger partial charge is 0.368 e. The van der Waals surface area contributed by atoms with Crippen LogP contribution in [0.5, 0.6) is 0 Å². The first-order valence-corrected chi connectivity index (χ1v) is 10.7. The van der Waals surface area contributed by atoms with Gasteiger partial charge in [-0.2, -0.15) is 0 Å². The van der Waals surface area contributed by atoms with E-state index in [0.29, 0.717) is 11.9 Å². The van der Waals surface area contributed by atoms with Gasteiger partial charge in [-0.25, -0.2) is 9.97 Å². The maximum atomic E-state index is 5.63. The second kappa shape index (κ2) is 8.03. The maximum Gasteiger partial charge on any atom is 0.219 e. The molecule has 0 saturated carbocycles. The van der Waals surface area contributed by atoms with E-state index in [1.807, 2.05) is 0 Å². The number of benzene rings is 2. The predicted octanol–water partition coefficient (Wildman–Crippen LogP) is 6.22. The summed E-state index contributed by atoms with van der Waals surface area (Å²) < 4.78 is 2.33. The summed E-state index contributed by atoms with van der Waals surface area (Å²) >= 11 is 0. The lowest BCUT2D eigenvalue weighted by atomic mass is 9.68. The first-order chi connectivity index (χ1) is 14.8. The van der Waals surface area contributed by atoms with E-state index in [0.717, 1.165) is 23.2 Å². The van der Waals surface area contributed by atoms with Gasteiger partial charge in [-0.15, -0.1) is 0 Å². The van der Waals surface area contributed by atoms with Crippen molar-refractivity contribution in [2.45, 2.75) is 39.7 Å². The van der Waals surface area contributed by atoms with Gasteiger partial charge in [-0.3, -0.25) is 0 Å². The van der Waals surface area contributed by atoms with Gasteiger partial charge in [0.05, 0.1) is 0 Å². The Morgan fingerprint density at radius 1 is 1.03 bits per heavy atom. The lowest BCUT2D eigenvalue weighted by molar-refractivity contribution is 0.407. The fourth-order valence-corrected chi connectivity index (χ4v) is 4.38. The number of allylic oxidation sites excluding steroid dienone is 1. The Balaban J connectivity index is 1.83.